The van der Waals surface area contributed by atoms with E-state index in [4.69, 9.17) is 9.47 Å². The molecule has 1 rings (SSSR count). The minimum Gasteiger partial charge on any atom is -0.490 e. The predicted octanol–water partition coefficient (Wildman–Crippen LogP) is 3.31. The Morgan fingerprint density at radius 2 is 2.24 bits per heavy atom. The number of benzene rings is 1. The first-order valence-electron chi connectivity index (χ1n) is 5.37. The van der Waals surface area contributed by atoms with E-state index in [-0.39, 0.29) is 24.7 Å². The lowest BCUT2D eigenvalue weighted by molar-refractivity contribution is -0.143. The van der Waals surface area contributed by atoms with Gasteiger partial charge in [0.15, 0.2) is 11.6 Å². The molecular formula is C12H14BrFO3. The van der Waals surface area contributed by atoms with Gasteiger partial charge >= 0.3 is 5.97 Å². The van der Waals surface area contributed by atoms with Crippen LogP contribution in [0.3, 0.4) is 0 Å². The van der Waals surface area contributed by atoms with E-state index >= 15 is 0 Å². The molecule has 0 N–H and O–H groups in total. The van der Waals surface area contributed by atoms with Crippen LogP contribution in [0.15, 0.2) is 22.7 Å². The predicted molar refractivity (Wildman–Crippen MR) is 65.5 cm³/mol. The molecule has 3 nitrogen and oxygen atoms in total. The van der Waals surface area contributed by atoms with E-state index < -0.39 is 5.82 Å². The van der Waals surface area contributed by atoms with Gasteiger partial charge in [0.25, 0.3) is 0 Å². The van der Waals surface area contributed by atoms with Gasteiger partial charge < -0.3 is 9.47 Å². The van der Waals surface area contributed by atoms with Crippen LogP contribution in [0.5, 0.6) is 5.75 Å². The fourth-order valence-corrected chi connectivity index (χ4v) is 1.56. The van der Waals surface area contributed by atoms with Crippen molar-refractivity contribution < 1.29 is 18.7 Å². The van der Waals surface area contributed by atoms with Crippen LogP contribution in [0.25, 0.3) is 0 Å². The van der Waals surface area contributed by atoms with Gasteiger partial charge in [-0.3, -0.25) is 4.79 Å². The lowest BCUT2D eigenvalue weighted by atomic mass is 10.3. The molecule has 0 fully saturated rings. The molecule has 0 spiro atoms. The Morgan fingerprint density at radius 3 is 2.94 bits per heavy atom. The lowest BCUT2D eigenvalue weighted by Crippen LogP contribution is -2.07. The monoisotopic (exact) mass is 304 g/mol. The van der Waals surface area contributed by atoms with Crippen LogP contribution in [0.1, 0.15) is 19.8 Å². The zero-order chi connectivity index (χ0) is 12.7. The summed E-state index contributed by atoms with van der Waals surface area (Å²) in [7, 11) is 0. The van der Waals surface area contributed by atoms with Gasteiger partial charge in [-0.15, -0.1) is 0 Å². The van der Waals surface area contributed by atoms with Crippen molar-refractivity contribution in [2.24, 2.45) is 0 Å². The first kappa shape index (κ1) is 14.0. The number of halogens is 2. The lowest BCUT2D eigenvalue weighted by Gasteiger charge is -2.07. The molecule has 0 aromatic heterocycles. The quantitative estimate of drug-likeness (QED) is 0.597. The molecule has 1 aromatic carbocycles. The standard InChI is InChI=1S/C12H14BrFO3/c1-2-16-12(15)4-3-7-17-11-8-9(13)5-6-10(11)14/h5-6,8H,2-4,7H2,1H3. The molecule has 0 aliphatic heterocycles. The third-order valence-electron chi connectivity index (χ3n) is 1.98. The fraction of sp³-hybridized carbons (Fsp3) is 0.417. The number of ether oxygens (including phenoxy) is 2. The Balaban J connectivity index is 2.31. The summed E-state index contributed by atoms with van der Waals surface area (Å²) >= 11 is 3.23. The van der Waals surface area contributed by atoms with Gasteiger partial charge in [-0.05, 0) is 31.5 Å². The highest BCUT2D eigenvalue weighted by atomic mass is 79.9. The van der Waals surface area contributed by atoms with E-state index in [0.29, 0.717) is 13.0 Å². The van der Waals surface area contributed by atoms with Gasteiger partial charge in [0.05, 0.1) is 13.2 Å². The van der Waals surface area contributed by atoms with Crippen molar-refractivity contribution in [3.05, 3.63) is 28.5 Å². The summed E-state index contributed by atoms with van der Waals surface area (Å²) in [6.45, 7) is 2.41. The summed E-state index contributed by atoms with van der Waals surface area (Å²) in [5, 5.41) is 0. The third-order valence-corrected chi connectivity index (χ3v) is 2.47. The summed E-state index contributed by atoms with van der Waals surface area (Å²) in [6, 6.07) is 4.48. The molecule has 1 aromatic rings. The van der Waals surface area contributed by atoms with Crippen molar-refractivity contribution in [3.63, 3.8) is 0 Å². The van der Waals surface area contributed by atoms with Crippen LogP contribution >= 0.6 is 15.9 Å². The van der Waals surface area contributed by atoms with Gasteiger partial charge in [0.2, 0.25) is 0 Å². The van der Waals surface area contributed by atoms with Crippen LogP contribution in [0.4, 0.5) is 4.39 Å². The molecule has 5 heteroatoms. The fourth-order valence-electron chi connectivity index (χ4n) is 1.22. The highest BCUT2D eigenvalue weighted by molar-refractivity contribution is 9.10. The number of hydrogen-bond donors (Lipinski definition) is 0. The van der Waals surface area contributed by atoms with Crippen molar-refractivity contribution in [2.75, 3.05) is 13.2 Å². The molecule has 0 bridgehead atoms. The number of esters is 1. The van der Waals surface area contributed by atoms with Crippen LogP contribution in [0, 0.1) is 5.82 Å². The van der Waals surface area contributed by atoms with Gasteiger partial charge in [-0.2, -0.15) is 0 Å². The molecule has 0 saturated carbocycles. The van der Waals surface area contributed by atoms with E-state index in [1.165, 1.54) is 6.07 Å². The topological polar surface area (TPSA) is 35.5 Å². The smallest absolute Gasteiger partial charge is 0.305 e. The zero-order valence-corrected chi connectivity index (χ0v) is 11.1. The molecule has 0 amide bonds. The van der Waals surface area contributed by atoms with Crippen molar-refractivity contribution in [3.8, 4) is 5.75 Å². The molecule has 0 aliphatic rings. The molecule has 0 radical (unpaired) electrons. The Labute approximate surface area is 108 Å². The molecule has 0 aliphatic carbocycles. The maximum atomic E-state index is 13.2. The molecule has 0 atom stereocenters. The number of hydrogen-bond acceptors (Lipinski definition) is 3. The third kappa shape index (κ3) is 5.17. The van der Waals surface area contributed by atoms with E-state index in [1.807, 2.05) is 0 Å². The highest BCUT2D eigenvalue weighted by Gasteiger charge is 2.05. The second-order valence-corrected chi connectivity index (χ2v) is 4.25. The number of carbonyl (C=O) groups excluding carboxylic acids is 1. The van der Waals surface area contributed by atoms with E-state index in [2.05, 4.69) is 15.9 Å². The second kappa shape index (κ2) is 7.27. The maximum Gasteiger partial charge on any atom is 0.305 e. The Kier molecular flexibility index (Phi) is 5.97. The summed E-state index contributed by atoms with van der Waals surface area (Å²) in [6.07, 6.45) is 0.786. The van der Waals surface area contributed by atoms with Crippen molar-refractivity contribution in [1.29, 1.82) is 0 Å². The average molecular weight is 305 g/mol. The summed E-state index contributed by atoms with van der Waals surface area (Å²) in [5.74, 6) is -0.488. The Bertz CT molecular complexity index is 382. The summed E-state index contributed by atoms with van der Waals surface area (Å²) in [4.78, 5) is 11.0. The maximum absolute atomic E-state index is 13.2. The van der Waals surface area contributed by atoms with Gasteiger partial charge in [0.1, 0.15) is 0 Å². The van der Waals surface area contributed by atoms with E-state index in [9.17, 15) is 9.18 Å². The van der Waals surface area contributed by atoms with Crippen molar-refractivity contribution in [2.45, 2.75) is 19.8 Å². The minimum absolute atomic E-state index is 0.184. The van der Waals surface area contributed by atoms with Crippen LogP contribution in [0.2, 0.25) is 0 Å². The average Bonchev–Trinajstić information content (AvgIpc) is 2.29. The largest absolute Gasteiger partial charge is 0.490 e. The molecule has 0 heterocycles. The number of rotatable bonds is 6. The molecule has 17 heavy (non-hydrogen) atoms. The molecule has 0 unspecified atom stereocenters. The van der Waals surface area contributed by atoms with E-state index in [0.717, 1.165) is 4.47 Å². The van der Waals surface area contributed by atoms with Gasteiger partial charge in [0, 0.05) is 10.9 Å². The molecule has 94 valence electrons. The van der Waals surface area contributed by atoms with Gasteiger partial charge in [-0.1, -0.05) is 15.9 Å². The van der Waals surface area contributed by atoms with Crippen LogP contribution < -0.4 is 4.74 Å². The van der Waals surface area contributed by atoms with Crippen LogP contribution in [-0.4, -0.2) is 19.2 Å². The molecule has 0 saturated heterocycles. The Morgan fingerprint density at radius 1 is 1.47 bits per heavy atom. The normalized spacial score (nSPS) is 10.1. The first-order chi connectivity index (χ1) is 8.13. The first-order valence-corrected chi connectivity index (χ1v) is 6.16. The van der Waals surface area contributed by atoms with Crippen molar-refractivity contribution >= 4 is 21.9 Å². The Hall–Kier alpha value is -1.10. The summed E-state index contributed by atoms with van der Waals surface area (Å²) < 4.78 is 24.0. The highest BCUT2D eigenvalue weighted by Crippen LogP contribution is 2.22. The van der Waals surface area contributed by atoms with Crippen LogP contribution in [-0.2, 0) is 9.53 Å². The summed E-state index contributed by atoms with van der Waals surface area (Å²) in [5.41, 5.74) is 0. The minimum atomic E-state index is -0.413. The zero-order valence-electron chi connectivity index (χ0n) is 9.54. The number of carbonyl (C=O) groups is 1. The van der Waals surface area contributed by atoms with Gasteiger partial charge in [-0.25, -0.2) is 4.39 Å². The van der Waals surface area contributed by atoms with E-state index in [1.54, 1.807) is 19.1 Å². The SMILES string of the molecule is CCOC(=O)CCCOc1cc(Br)ccc1F. The second-order valence-electron chi connectivity index (χ2n) is 3.33. The molecular weight excluding hydrogens is 291 g/mol. The van der Waals surface area contributed by atoms with Crippen molar-refractivity contribution in [1.82, 2.24) is 0 Å².